The lowest BCUT2D eigenvalue weighted by molar-refractivity contribution is -0.137. The van der Waals surface area contributed by atoms with Crippen LogP contribution < -0.4 is 19.2 Å². The molecule has 3 aromatic carbocycles. The topological polar surface area (TPSA) is 86.7 Å². The summed E-state index contributed by atoms with van der Waals surface area (Å²) < 4.78 is 22.0. The number of rotatable bonds is 16. The number of unbranched alkanes of at least 4 members (excludes halogenated alkanes) is 3. The Bertz CT molecular complexity index is 1460. The Morgan fingerprint density at radius 2 is 1.68 bits per heavy atom. The van der Waals surface area contributed by atoms with E-state index in [-0.39, 0.29) is 6.04 Å². The lowest BCUT2D eigenvalue weighted by atomic mass is 10.1. The third-order valence-electron chi connectivity index (χ3n) is 6.83. The van der Waals surface area contributed by atoms with E-state index in [1.165, 1.54) is 6.08 Å². The molecule has 8 nitrogen and oxygen atoms in total. The van der Waals surface area contributed by atoms with E-state index in [4.69, 9.17) is 24.0 Å². The number of hydrogen-bond donors (Lipinski definition) is 0. The van der Waals surface area contributed by atoms with Crippen LogP contribution in [0.3, 0.4) is 0 Å². The molecule has 4 rings (SSSR count). The van der Waals surface area contributed by atoms with Gasteiger partial charge in [-0.15, -0.1) is 0 Å². The predicted octanol–water partition coefficient (Wildman–Crippen LogP) is 7.31. The summed E-state index contributed by atoms with van der Waals surface area (Å²) in [4.78, 5) is 23.9. The number of allylic oxidation sites excluding steroid dienone is 2. The van der Waals surface area contributed by atoms with E-state index < -0.39 is 11.9 Å². The van der Waals surface area contributed by atoms with Gasteiger partial charge in [0, 0.05) is 11.6 Å². The summed E-state index contributed by atoms with van der Waals surface area (Å²) in [6.45, 7) is 4.33. The summed E-state index contributed by atoms with van der Waals surface area (Å²) in [5.74, 6) is 0.792. The van der Waals surface area contributed by atoms with Crippen molar-refractivity contribution in [1.29, 1.82) is 0 Å². The van der Waals surface area contributed by atoms with Gasteiger partial charge in [0.1, 0.15) is 17.2 Å². The first-order chi connectivity index (χ1) is 21.6. The van der Waals surface area contributed by atoms with E-state index in [1.807, 2.05) is 47.5 Å². The summed E-state index contributed by atoms with van der Waals surface area (Å²) in [6.07, 6.45) is 15.6. The number of esters is 2. The molecule has 0 heterocycles. The first-order valence-electron chi connectivity index (χ1n) is 14.7. The highest BCUT2D eigenvalue weighted by Gasteiger charge is 2.17. The smallest absolute Gasteiger partial charge is 0.343 e. The van der Waals surface area contributed by atoms with Gasteiger partial charge in [0.2, 0.25) is 0 Å². The van der Waals surface area contributed by atoms with Gasteiger partial charge in [-0.25, -0.2) is 9.59 Å². The molecule has 1 unspecified atom stereocenters. The van der Waals surface area contributed by atoms with Gasteiger partial charge in [-0.1, -0.05) is 49.1 Å². The Labute approximate surface area is 258 Å². The van der Waals surface area contributed by atoms with Gasteiger partial charge in [-0.05, 0) is 86.7 Å². The molecule has 0 aliphatic heterocycles. The fourth-order valence-electron chi connectivity index (χ4n) is 4.51. The molecule has 0 fully saturated rings. The van der Waals surface area contributed by atoms with E-state index in [0.717, 1.165) is 37.8 Å². The zero-order valence-corrected chi connectivity index (χ0v) is 25.0. The second-order valence-electron chi connectivity index (χ2n) is 9.99. The molecule has 0 saturated heterocycles. The van der Waals surface area contributed by atoms with Gasteiger partial charge < -0.3 is 18.9 Å². The van der Waals surface area contributed by atoms with Crippen LogP contribution in [0, 0.1) is 0 Å². The summed E-state index contributed by atoms with van der Waals surface area (Å²) in [6, 6.07) is 22.1. The molecule has 0 N–H and O–H groups in total. The monoisotopic (exact) mass is 594 g/mol. The van der Waals surface area contributed by atoms with Gasteiger partial charge in [0.25, 0.3) is 0 Å². The van der Waals surface area contributed by atoms with Crippen LogP contribution in [-0.4, -0.2) is 44.5 Å². The first kappa shape index (κ1) is 31.8. The Morgan fingerprint density at radius 3 is 2.39 bits per heavy atom. The number of nitrogens with zero attached hydrogens (tertiary/aromatic N) is 2. The maximum Gasteiger partial charge on any atom is 0.343 e. The van der Waals surface area contributed by atoms with Crippen molar-refractivity contribution in [3.05, 3.63) is 121 Å². The Balaban J connectivity index is 1.32. The molecule has 3 aromatic rings. The molecule has 0 bridgehead atoms. The molecule has 8 heteroatoms. The van der Waals surface area contributed by atoms with Crippen LogP contribution in [0.5, 0.6) is 17.2 Å². The van der Waals surface area contributed by atoms with Crippen molar-refractivity contribution in [3.8, 4) is 17.2 Å². The maximum absolute atomic E-state index is 12.9. The molecule has 44 heavy (non-hydrogen) atoms. The molecule has 1 aliphatic rings. The number of methoxy groups -OCH3 is 1. The van der Waals surface area contributed by atoms with Crippen LogP contribution >= 0.6 is 0 Å². The third-order valence-corrected chi connectivity index (χ3v) is 6.83. The minimum Gasteiger partial charge on any atom is -0.496 e. The van der Waals surface area contributed by atoms with Crippen molar-refractivity contribution in [1.82, 2.24) is 0 Å². The largest absolute Gasteiger partial charge is 0.496 e. The molecule has 1 aliphatic carbocycles. The van der Waals surface area contributed by atoms with Gasteiger partial charge in [-0.3, -0.25) is 5.01 Å². The normalized spacial score (nSPS) is 13.8. The highest BCUT2D eigenvalue weighted by Crippen LogP contribution is 2.26. The van der Waals surface area contributed by atoms with E-state index >= 15 is 0 Å². The Hall–Kier alpha value is -5.11. The SMILES string of the molecule is C=CC(=O)OCCCCCCOc1ccc(C(=O)Oc2ccc(OC)c(/C=N/N(c3ccccc3)C3C=CC=CC3)c2)cc1. The van der Waals surface area contributed by atoms with E-state index in [1.54, 1.807) is 55.8 Å². The second kappa shape index (κ2) is 17.1. The average Bonchev–Trinajstić information content (AvgIpc) is 3.07. The number of anilines is 1. The van der Waals surface area contributed by atoms with E-state index in [0.29, 0.717) is 41.6 Å². The van der Waals surface area contributed by atoms with Crippen molar-refractivity contribution >= 4 is 23.8 Å². The number of carbonyl (C=O) groups is 2. The summed E-state index contributed by atoms with van der Waals surface area (Å²) in [5, 5.41) is 6.77. The Morgan fingerprint density at radius 1 is 0.932 bits per heavy atom. The summed E-state index contributed by atoms with van der Waals surface area (Å²) in [7, 11) is 1.59. The number of hydrazone groups is 1. The first-order valence-corrected chi connectivity index (χ1v) is 14.7. The molecule has 0 amide bonds. The molecule has 0 spiro atoms. The molecule has 0 radical (unpaired) electrons. The molecular weight excluding hydrogens is 556 g/mol. The zero-order chi connectivity index (χ0) is 31.0. The third kappa shape index (κ3) is 9.73. The second-order valence-corrected chi connectivity index (χ2v) is 9.99. The van der Waals surface area contributed by atoms with Crippen LogP contribution in [0.15, 0.2) is 115 Å². The number of ether oxygens (including phenoxy) is 4. The zero-order valence-electron chi connectivity index (χ0n) is 25.0. The minimum absolute atomic E-state index is 0.0678. The molecule has 1 atom stereocenters. The van der Waals surface area contributed by atoms with Gasteiger partial charge in [0.15, 0.2) is 0 Å². The molecule has 0 saturated carbocycles. The Kier molecular flexibility index (Phi) is 12.4. The summed E-state index contributed by atoms with van der Waals surface area (Å²) >= 11 is 0. The number of carbonyl (C=O) groups excluding carboxylic acids is 2. The van der Waals surface area contributed by atoms with Crippen LogP contribution in [0.2, 0.25) is 0 Å². The van der Waals surface area contributed by atoms with Gasteiger partial charge >= 0.3 is 11.9 Å². The fraction of sp³-hybridized carbons (Fsp3) is 0.250. The minimum atomic E-state index is -0.480. The van der Waals surface area contributed by atoms with Crippen molar-refractivity contribution in [3.63, 3.8) is 0 Å². The maximum atomic E-state index is 12.9. The molecular formula is C36H38N2O6. The standard InChI is InChI=1S/C36H38N2O6/c1-3-35(39)43-25-13-5-4-12-24-42-32-20-18-28(19-21-32)36(40)44-33-22-23-34(41-2)29(26-33)27-37-38(30-14-8-6-9-15-30)31-16-10-7-11-17-31/h3,6-11,14-16,18-23,26-27,31H,1,4-5,12-13,17,24-25H2,2H3/b37-27+. The lowest BCUT2D eigenvalue weighted by Gasteiger charge is -2.27. The average molecular weight is 595 g/mol. The molecule has 228 valence electrons. The van der Waals surface area contributed by atoms with Crippen molar-refractivity contribution in [2.24, 2.45) is 5.10 Å². The highest BCUT2D eigenvalue weighted by molar-refractivity contribution is 5.92. The van der Waals surface area contributed by atoms with Gasteiger partial charge in [0.05, 0.1) is 43.8 Å². The lowest BCUT2D eigenvalue weighted by Crippen LogP contribution is -2.29. The molecule has 0 aromatic heterocycles. The van der Waals surface area contributed by atoms with Gasteiger partial charge in [-0.2, -0.15) is 5.10 Å². The van der Waals surface area contributed by atoms with Crippen molar-refractivity contribution in [2.75, 3.05) is 25.3 Å². The van der Waals surface area contributed by atoms with E-state index in [2.05, 4.69) is 18.7 Å². The number of benzene rings is 3. The highest BCUT2D eigenvalue weighted by atomic mass is 16.5. The number of hydrogen-bond acceptors (Lipinski definition) is 8. The summed E-state index contributed by atoms with van der Waals surface area (Å²) in [5.41, 5.74) is 2.05. The van der Waals surface area contributed by atoms with Crippen molar-refractivity contribution in [2.45, 2.75) is 38.1 Å². The number of para-hydroxylation sites is 1. The van der Waals surface area contributed by atoms with Crippen LogP contribution in [0.25, 0.3) is 0 Å². The van der Waals surface area contributed by atoms with Crippen LogP contribution in [0.4, 0.5) is 5.69 Å². The fourth-order valence-corrected chi connectivity index (χ4v) is 4.51. The van der Waals surface area contributed by atoms with Crippen molar-refractivity contribution < 1.29 is 28.5 Å². The van der Waals surface area contributed by atoms with Crippen LogP contribution in [-0.2, 0) is 9.53 Å². The van der Waals surface area contributed by atoms with E-state index in [9.17, 15) is 9.59 Å². The quantitative estimate of drug-likeness (QED) is 0.0429. The predicted molar refractivity (Wildman–Crippen MR) is 173 cm³/mol. The van der Waals surface area contributed by atoms with Crippen LogP contribution in [0.1, 0.15) is 48.0 Å².